The molecule has 0 saturated carbocycles. The van der Waals surface area contributed by atoms with E-state index in [1.165, 1.54) is 37.3 Å². The van der Waals surface area contributed by atoms with Gasteiger partial charge in [0.25, 0.3) is 5.91 Å². The molecule has 3 aliphatic rings. The van der Waals surface area contributed by atoms with Crippen LogP contribution < -0.4 is 26.8 Å². The number of sulfonamides is 1. The van der Waals surface area contributed by atoms with E-state index >= 15 is 4.39 Å². The predicted octanol–water partition coefficient (Wildman–Crippen LogP) is 0.0645. The summed E-state index contributed by atoms with van der Waals surface area (Å²) < 4.78 is 38.6. The lowest BCUT2D eigenvalue weighted by Crippen LogP contribution is -2.70. The molecule has 0 radical (unpaired) electrons. The highest BCUT2D eigenvalue weighted by Crippen LogP contribution is 2.44. The van der Waals surface area contributed by atoms with E-state index in [9.17, 15) is 18.0 Å². The fourth-order valence-electron chi connectivity index (χ4n) is 4.46. The van der Waals surface area contributed by atoms with Gasteiger partial charge in [-0.15, -0.1) is 0 Å². The Kier molecular flexibility index (Phi) is 6.84. The number of allylic oxidation sites excluding steroid dienone is 1. The molecule has 1 saturated heterocycles. The van der Waals surface area contributed by atoms with Gasteiger partial charge in [0.1, 0.15) is 5.78 Å². The van der Waals surface area contributed by atoms with Crippen LogP contribution in [0.4, 0.5) is 10.1 Å². The van der Waals surface area contributed by atoms with Gasteiger partial charge in [0.2, 0.25) is 16.0 Å². The van der Waals surface area contributed by atoms with Crippen LogP contribution in [0.3, 0.4) is 0 Å². The lowest BCUT2D eigenvalue weighted by atomic mass is 9.66. The van der Waals surface area contributed by atoms with Crippen molar-refractivity contribution in [2.24, 2.45) is 21.3 Å². The molecule has 11 nitrogen and oxygen atoms in total. The summed E-state index contributed by atoms with van der Waals surface area (Å²) in [7, 11) is -3.95. The maximum absolute atomic E-state index is 15.3. The van der Waals surface area contributed by atoms with Gasteiger partial charge in [-0.05, 0) is 31.5 Å². The van der Waals surface area contributed by atoms with Crippen molar-refractivity contribution < 1.29 is 22.4 Å². The van der Waals surface area contributed by atoms with Crippen molar-refractivity contribution >= 4 is 33.4 Å². The first-order valence-electron chi connectivity index (χ1n) is 11.3. The monoisotopic (exact) mass is 517 g/mol. The second kappa shape index (κ2) is 9.58. The van der Waals surface area contributed by atoms with Crippen molar-refractivity contribution in [1.29, 1.82) is 0 Å². The molecule has 1 aromatic rings. The Morgan fingerprint density at radius 1 is 1.25 bits per heavy atom. The first-order chi connectivity index (χ1) is 17.0. The number of amides is 1. The van der Waals surface area contributed by atoms with E-state index in [0.29, 0.717) is 37.4 Å². The molecule has 1 aromatic carbocycles. The van der Waals surface area contributed by atoms with Crippen LogP contribution in [0.5, 0.6) is 0 Å². The summed E-state index contributed by atoms with van der Waals surface area (Å²) in [5.41, 5.74) is 3.63. The number of Topliss-reactive ketones (excluding diaryl/α,β-unsaturated/α-hetero) is 1. The SMILES string of the molecule is CC(=O)C1(C2(N)NC(Nc3cccc(S(N)(=O)=O)c3)=NC=C2F)C=CC(C(=O)N2CCNCC2)=CC1. The van der Waals surface area contributed by atoms with Gasteiger partial charge in [0.05, 0.1) is 16.5 Å². The van der Waals surface area contributed by atoms with E-state index in [2.05, 4.69) is 20.9 Å². The van der Waals surface area contributed by atoms with Crippen LogP contribution in [-0.2, 0) is 19.6 Å². The molecule has 192 valence electrons. The van der Waals surface area contributed by atoms with Crippen LogP contribution in [0, 0.1) is 5.41 Å². The summed E-state index contributed by atoms with van der Waals surface area (Å²) in [6, 6.07) is 5.64. The first kappa shape index (κ1) is 25.7. The number of benzene rings is 1. The van der Waals surface area contributed by atoms with Gasteiger partial charge in [0, 0.05) is 37.4 Å². The molecular formula is C23H28FN7O4S. The molecule has 2 atom stereocenters. The van der Waals surface area contributed by atoms with E-state index in [4.69, 9.17) is 10.9 Å². The van der Waals surface area contributed by atoms with Crippen molar-refractivity contribution in [1.82, 2.24) is 15.5 Å². The number of anilines is 1. The minimum atomic E-state index is -3.95. The molecule has 2 unspecified atom stereocenters. The number of nitrogens with one attached hydrogen (secondary N) is 3. The number of ketones is 1. The molecule has 0 bridgehead atoms. The van der Waals surface area contributed by atoms with Gasteiger partial charge < -0.3 is 26.6 Å². The van der Waals surface area contributed by atoms with Crippen LogP contribution in [0.1, 0.15) is 13.3 Å². The molecule has 0 spiro atoms. The standard InChI is InChI=1S/C23H28FN7O4S/c1-15(32)22(7-5-16(6-8-22)20(33)31-11-9-27-10-12-31)23(25)19(24)14-28-21(30-23)29-17-3-2-4-18(13-17)36(26,34)35/h2-7,13-14,27H,8-12,25H2,1H3,(H2,26,34,35)(H2,28,29,30). The number of nitrogens with zero attached hydrogens (tertiary/aromatic N) is 2. The zero-order valence-corrected chi connectivity index (χ0v) is 20.4. The number of carbonyl (C=O) groups is 2. The molecule has 7 N–H and O–H groups in total. The van der Waals surface area contributed by atoms with Gasteiger partial charge in [-0.2, -0.15) is 0 Å². The average Bonchev–Trinajstić information content (AvgIpc) is 2.86. The summed E-state index contributed by atoms with van der Waals surface area (Å²) in [5.74, 6) is -1.47. The van der Waals surface area contributed by atoms with Crippen LogP contribution >= 0.6 is 0 Å². The molecule has 1 amide bonds. The van der Waals surface area contributed by atoms with E-state index < -0.39 is 32.7 Å². The minimum absolute atomic E-state index is 0.00818. The number of carbonyl (C=O) groups excluding carboxylic acids is 2. The Hall–Kier alpha value is -3.39. The van der Waals surface area contributed by atoms with Crippen molar-refractivity contribution in [3.8, 4) is 0 Å². The molecule has 1 fully saturated rings. The molecule has 0 aromatic heterocycles. The first-order valence-corrected chi connectivity index (χ1v) is 12.8. The fourth-order valence-corrected chi connectivity index (χ4v) is 5.02. The summed E-state index contributed by atoms with van der Waals surface area (Å²) in [5, 5.41) is 14.0. The van der Waals surface area contributed by atoms with Crippen LogP contribution in [0.15, 0.2) is 70.0 Å². The third-order valence-corrected chi connectivity index (χ3v) is 7.51. The number of rotatable bonds is 5. The van der Waals surface area contributed by atoms with Crippen LogP contribution in [0.2, 0.25) is 0 Å². The highest BCUT2D eigenvalue weighted by Gasteiger charge is 2.56. The number of aliphatic imine (C=N–C) groups is 1. The number of hydrogen-bond acceptors (Lipinski definition) is 9. The van der Waals surface area contributed by atoms with Gasteiger partial charge in [-0.1, -0.05) is 24.3 Å². The van der Waals surface area contributed by atoms with Crippen molar-refractivity contribution in [3.05, 3.63) is 60.1 Å². The van der Waals surface area contributed by atoms with Gasteiger partial charge in [-0.3, -0.25) is 9.59 Å². The quantitative estimate of drug-likeness (QED) is 0.365. The van der Waals surface area contributed by atoms with Crippen LogP contribution in [0.25, 0.3) is 0 Å². The number of guanidine groups is 1. The van der Waals surface area contributed by atoms with Gasteiger partial charge >= 0.3 is 0 Å². The second-order valence-electron chi connectivity index (χ2n) is 8.85. The Balaban J connectivity index is 1.59. The third-order valence-electron chi connectivity index (χ3n) is 6.60. The molecule has 36 heavy (non-hydrogen) atoms. The number of primary sulfonamides is 1. The van der Waals surface area contributed by atoms with E-state index in [1.54, 1.807) is 17.0 Å². The van der Waals surface area contributed by atoms with Crippen LogP contribution in [-0.4, -0.2) is 62.8 Å². The predicted molar refractivity (Wildman–Crippen MR) is 133 cm³/mol. The van der Waals surface area contributed by atoms with E-state index in [-0.39, 0.29) is 23.2 Å². The second-order valence-corrected chi connectivity index (χ2v) is 10.4. The van der Waals surface area contributed by atoms with Gasteiger partial charge in [0.15, 0.2) is 11.5 Å². The summed E-state index contributed by atoms with van der Waals surface area (Å²) in [6.07, 6.45) is 5.45. The lowest BCUT2D eigenvalue weighted by molar-refractivity contribution is -0.129. The van der Waals surface area contributed by atoms with Gasteiger partial charge in [-0.25, -0.2) is 22.9 Å². The third kappa shape index (κ3) is 4.69. The lowest BCUT2D eigenvalue weighted by Gasteiger charge is -2.46. The smallest absolute Gasteiger partial charge is 0.253 e. The summed E-state index contributed by atoms with van der Waals surface area (Å²) in [6.45, 7) is 3.83. The largest absolute Gasteiger partial charge is 0.336 e. The highest BCUT2D eigenvalue weighted by atomic mass is 32.2. The maximum Gasteiger partial charge on any atom is 0.253 e. The zero-order chi connectivity index (χ0) is 26.1. The highest BCUT2D eigenvalue weighted by molar-refractivity contribution is 7.89. The number of halogens is 1. The molecule has 2 heterocycles. The Morgan fingerprint density at radius 2 is 1.97 bits per heavy atom. The van der Waals surface area contributed by atoms with E-state index in [1.807, 2.05) is 0 Å². The number of piperazine rings is 1. The molecule has 2 aliphatic heterocycles. The average molecular weight is 518 g/mol. The number of hydrogen-bond donors (Lipinski definition) is 5. The maximum atomic E-state index is 15.3. The molecular weight excluding hydrogens is 489 g/mol. The Bertz CT molecular complexity index is 1320. The normalized spacial score (nSPS) is 26.3. The summed E-state index contributed by atoms with van der Waals surface area (Å²) in [4.78, 5) is 31.4. The molecule has 1 aliphatic carbocycles. The number of nitrogens with two attached hydrogens (primary N) is 2. The van der Waals surface area contributed by atoms with Crippen molar-refractivity contribution in [2.45, 2.75) is 23.9 Å². The Morgan fingerprint density at radius 3 is 2.58 bits per heavy atom. The Labute approximate surface area is 208 Å². The van der Waals surface area contributed by atoms with E-state index in [0.717, 1.165) is 6.20 Å². The van der Waals surface area contributed by atoms with Crippen molar-refractivity contribution in [2.75, 3.05) is 31.5 Å². The fraction of sp³-hybridized carbons (Fsp3) is 0.348. The zero-order valence-electron chi connectivity index (χ0n) is 19.6. The topological polar surface area (TPSA) is 172 Å². The molecule has 4 rings (SSSR count). The van der Waals surface area contributed by atoms with Crippen molar-refractivity contribution in [3.63, 3.8) is 0 Å². The minimum Gasteiger partial charge on any atom is -0.336 e. The molecule has 13 heteroatoms. The summed E-state index contributed by atoms with van der Waals surface area (Å²) >= 11 is 0.